The third-order valence-electron chi connectivity index (χ3n) is 4.45. The van der Waals surface area contributed by atoms with Gasteiger partial charge in [0.05, 0.1) is 13.5 Å². The second-order valence-corrected chi connectivity index (χ2v) is 7.00. The van der Waals surface area contributed by atoms with Crippen molar-refractivity contribution in [2.24, 2.45) is 0 Å². The molecule has 6 heteroatoms. The lowest BCUT2D eigenvalue weighted by Gasteiger charge is -2.35. The van der Waals surface area contributed by atoms with E-state index in [1.54, 1.807) is 0 Å². The third-order valence-corrected chi connectivity index (χ3v) is 5.16. The molecule has 1 aromatic rings. The van der Waals surface area contributed by atoms with Crippen LogP contribution in [0.5, 0.6) is 0 Å². The third kappa shape index (κ3) is 4.16. The molecule has 5 nitrogen and oxygen atoms in total. The Morgan fingerprint density at radius 3 is 2.58 bits per heavy atom. The van der Waals surface area contributed by atoms with Crippen LogP contribution < -0.4 is 5.32 Å². The molecule has 1 fully saturated rings. The summed E-state index contributed by atoms with van der Waals surface area (Å²) in [5, 5.41) is 2.91. The van der Waals surface area contributed by atoms with Gasteiger partial charge in [-0.25, -0.2) is 4.79 Å². The van der Waals surface area contributed by atoms with Crippen molar-refractivity contribution < 1.29 is 19.1 Å². The molecule has 0 spiro atoms. The second-order valence-electron chi connectivity index (χ2n) is 6.15. The first kappa shape index (κ1) is 18.9. The van der Waals surface area contributed by atoms with Crippen molar-refractivity contribution in [3.05, 3.63) is 33.3 Å². The quantitative estimate of drug-likeness (QED) is 0.775. The van der Waals surface area contributed by atoms with Gasteiger partial charge >= 0.3 is 5.97 Å². The Hall–Kier alpha value is -1.40. The molecule has 1 aliphatic rings. The fourth-order valence-corrected chi connectivity index (χ4v) is 3.88. The molecular weight excluding hydrogens is 374 g/mol. The van der Waals surface area contributed by atoms with Crippen LogP contribution in [-0.4, -0.2) is 37.7 Å². The number of ether oxygens (including phenoxy) is 2. The van der Waals surface area contributed by atoms with Gasteiger partial charge in [0, 0.05) is 30.5 Å². The first-order valence-electron chi connectivity index (χ1n) is 8.17. The van der Waals surface area contributed by atoms with Crippen molar-refractivity contribution in [2.75, 3.05) is 20.3 Å². The predicted octanol–water partition coefficient (Wildman–Crippen LogP) is 2.70. The minimum absolute atomic E-state index is 0.179. The van der Waals surface area contributed by atoms with Crippen molar-refractivity contribution in [1.82, 2.24) is 5.32 Å². The molecule has 1 heterocycles. The van der Waals surface area contributed by atoms with Gasteiger partial charge in [0.2, 0.25) is 5.91 Å². The largest absolute Gasteiger partial charge is 0.467 e. The van der Waals surface area contributed by atoms with Crippen LogP contribution in [0.15, 0.2) is 16.6 Å². The smallest absolute Gasteiger partial charge is 0.331 e. The van der Waals surface area contributed by atoms with Crippen molar-refractivity contribution in [3.8, 4) is 0 Å². The highest BCUT2D eigenvalue weighted by Crippen LogP contribution is 2.26. The number of aryl methyl sites for hydroxylation is 2. The summed E-state index contributed by atoms with van der Waals surface area (Å²) in [4.78, 5) is 24.8. The molecule has 0 bridgehead atoms. The summed E-state index contributed by atoms with van der Waals surface area (Å²) in [6, 6.07) is 4.10. The lowest BCUT2D eigenvalue weighted by molar-refractivity contribution is -0.155. The molecule has 24 heavy (non-hydrogen) atoms. The van der Waals surface area contributed by atoms with Crippen molar-refractivity contribution in [2.45, 2.75) is 45.1 Å². The molecule has 1 aromatic carbocycles. The van der Waals surface area contributed by atoms with Crippen LogP contribution in [0.2, 0.25) is 0 Å². The normalized spacial score (nSPS) is 16.5. The highest BCUT2D eigenvalue weighted by molar-refractivity contribution is 9.10. The molecular formula is C18H24BrNO4. The van der Waals surface area contributed by atoms with E-state index in [0.29, 0.717) is 26.1 Å². The molecule has 132 valence electrons. The maximum absolute atomic E-state index is 12.6. The van der Waals surface area contributed by atoms with Gasteiger partial charge in [-0.3, -0.25) is 4.79 Å². The average Bonchev–Trinajstić information content (AvgIpc) is 2.57. The van der Waals surface area contributed by atoms with E-state index in [4.69, 9.17) is 9.47 Å². The Morgan fingerprint density at radius 2 is 2.00 bits per heavy atom. The van der Waals surface area contributed by atoms with Crippen molar-refractivity contribution in [1.29, 1.82) is 0 Å². The van der Waals surface area contributed by atoms with Crippen molar-refractivity contribution >= 4 is 27.8 Å². The molecule has 1 amide bonds. The summed E-state index contributed by atoms with van der Waals surface area (Å²) < 4.78 is 11.2. The number of carbonyl (C=O) groups is 2. The SMILES string of the molecule is CCc1cc(C)cc(Br)c1CC(=O)NC1(C(=O)OC)CCOCC1. The topological polar surface area (TPSA) is 64.6 Å². The highest BCUT2D eigenvalue weighted by Gasteiger charge is 2.42. The highest BCUT2D eigenvalue weighted by atomic mass is 79.9. The lowest BCUT2D eigenvalue weighted by atomic mass is 9.89. The Kier molecular flexibility index (Phi) is 6.40. The maximum Gasteiger partial charge on any atom is 0.331 e. The molecule has 0 aliphatic carbocycles. The van der Waals surface area contributed by atoms with Gasteiger partial charge in [-0.1, -0.05) is 28.9 Å². The number of esters is 1. The molecule has 1 aliphatic heterocycles. The van der Waals surface area contributed by atoms with E-state index in [-0.39, 0.29) is 12.3 Å². The van der Waals surface area contributed by atoms with Gasteiger partial charge in [-0.2, -0.15) is 0 Å². The van der Waals surface area contributed by atoms with Crippen LogP contribution in [0.3, 0.4) is 0 Å². The summed E-state index contributed by atoms with van der Waals surface area (Å²) in [6.45, 7) is 4.96. The minimum atomic E-state index is -0.979. The van der Waals surface area contributed by atoms with Crippen LogP contribution in [-0.2, 0) is 31.9 Å². The van der Waals surface area contributed by atoms with E-state index in [9.17, 15) is 9.59 Å². The molecule has 0 aromatic heterocycles. The van der Waals surface area contributed by atoms with Crippen LogP contribution in [0.1, 0.15) is 36.5 Å². The summed E-state index contributed by atoms with van der Waals surface area (Å²) in [5.74, 6) is -0.584. The molecule has 0 saturated carbocycles. The fourth-order valence-electron chi connectivity index (χ4n) is 3.12. The number of carbonyl (C=O) groups excluding carboxylic acids is 2. The summed E-state index contributed by atoms with van der Waals surface area (Å²) >= 11 is 3.56. The number of hydrogen-bond acceptors (Lipinski definition) is 4. The van der Waals surface area contributed by atoms with Gasteiger partial charge in [0.15, 0.2) is 0 Å². The number of halogens is 1. The van der Waals surface area contributed by atoms with Crippen molar-refractivity contribution in [3.63, 3.8) is 0 Å². The first-order chi connectivity index (χ1) is 11.4. The number of amides is 1. The van der Waals surface area contributed by atoms with E-state index in [2.05, 4.69) is 34.2 Å². The maximum atomic E-state index is 12.6. The van der Waals surface area contributed by atoms with E-state index < -0.39 is 11.5 Å². The number of nitrogens with one attached hydrogen (secondary N) is 1. The molecule has 0 atom stereocenters. The standard InChI is InChI=1S/C18H24BrNO4/c1-4-13-9-12(2)10-15(19)14(13)11-16(21)20-18(17(22)23-3)5-7-24-8-6-18/h9-10H,4-8,11H2,1-3H3,(H,20,21). The molecule has 1 saturated heterocycles. The van der Waals surface area contributed by atoms with E-state index in [0.717, 1.165) is 27.6 Å². The van der Waals surface area contributed by atoms with Gasteiger partial charge in [0.1, 0.15) is 5.54 Å². The van der Waals surface area contributed by atoms with E-state index in [1.165, 1.54) is 7.11 Å². The van der Waals surface area contributed by atoms with Gasteiger partial charge < -0.3 is 14.8 Å². The Balaban J connectivity index is 2.19. The second kappa shape index (κ2) is 8.12. The lowest BCUT2D eigenvalue weighted by Crippen LogP contribution is -2.58. The summed E-state index contributed by atoms with van der Waals surface area (Å²) in [5.41, 5.74) is 2.27. The van der Waals surface area contributed by atoms with Gasteiger partial charge in [-0.05, 0) is 36.1 Å². The van der Waals surface area contributed by atoms with E-state index >= 15 is 0 Å². The molecule has 0 radical (unpaired) electrons. The zero-order chi connectivity index (χ0) is 17.7. The minimum Gasteiger partial charge on any atom is -0.467 e. The Labute approximate surface area is 151 Å². The average molecular weight is 398 g/mol. The summed E-state index contributed by atoms with van der Waals surface area (Å²) in [6.07, 6.45) is 1.94. The number of benzene rings is 1. The Bertz CT molecular complexity index is 624. The zero-order valence-electron chi connectivity index (χ0n) is 14.4. The first-order valence-corrected chi connectivity index (χ1v) is 8.96. The fraction of sp³-hybridized carbons (Fsp3) is 0.556. The van der Waals surface area contributed by atoms with Gasteiger partial charge in [0.25, 0.3) is 0 Å². The monoisotopic (exact) mass is 397 g/mol. The zero-order valence-corrected chi connectivity index (χ0v) is 16.0. The number of hydrogen-bond donors (Lipinski definition) is 1. The molecule has 0 unspecified atom stereocenters. The summed E-state index contributed by atoms with van der Waals surface area (Å²) in [7, 11) is 1.34. The molecule has 2 rings (SSSR count). The number of rotatable bonds is 5. The number of methoxy groups -OCH3 is 1. The predicted molar refractivity (Wildman–Crippen MR) is 94.9 cm³/mol. The molecule has 1 N–H and O–H groups in total. The Morgan fingerprint density at radius 1 is 1.33 bits per heavy atom. The van der Waals surface area contributed by atoms with Crippen LogP contribution >= 0.6 is 15.9 Å². The van der Waals surface area contributed by atoms with Gasteiger partial charge in [-0.15, -0.1) is 0 Å². The van der Waals surface area contributed by atoms with Crippen LogP contribution in [0.25, 0.3) is 0 Å². The van der Waals surface area contributed by atoms with Crippen LogP contribution in [0.4, 0.5) is 0 Å². The van der Waals surface area contributed by atoms with Crippen LogP contribution in [0, 0.1) is 6.92 Å². The van der Waals surface area contributed by atoms with E-state index in [1.807, 2.05) is 13.0 Å².